The van der Waals surface area contributed by atoms with Crippen LogP contribution in [0.3, 0.4) is 0 Å². The van der Waals surface area contributed by atoms with Gasteiger partial charge in [-0.15, -0.1) is 23.4 Å². The molecule has 1 fully saturated rings. The molecule has 4 N–H and O–H groups in total. The Labute approximate surface area is 157 Å². The molecule has 0 aliphatic carbocycles. The number of benzene rings is 1. The predicted octanol–water partition coefficient (Wildman–Crippen LogP) is 1.19. The van der Waals surface area contributed by atoms with Crippen LogP contribution in [0, 0.1) is 0 Å². The number of fused-ring (bicyclic) bond motifs is 1. The van der Waals surface area contributed by atoms with Crippen molar-refractivity contribution in [3.63, 3.8) is 0 Å². The Kier molecular flexibility index (Phi) is 4.97. The van der Waals surface area contributed by atoms with Gasteiger partial charge < -0.3 is 16.2 Å². The number of nitrogens with zero attached hydrogens (tertiary/aromatic N) is 1. The molecule has 2 heterocycles. The summed E-state index contributed by atoms with van der Waals surface area (Å²) in [7, 11) is 0. The zero-order chi connectivity index (χ0) is 18.3. The van der Waals surface area contributed by atoms with Crippen LogP contribution in [0.25, 0.3) is 0 Å². The van der Waals surface area contributed by atoms with Gasteiger partial charge in [-0.2, -0.15) is 0 Å². The van der Waals surface area contributed by atoms with Gasteiger partial charge >= 0.3 is 5.97 Å². The smallest absolute Gasteiger partial charge is 0.353 e. The summed E-state index contributed by atoms with van der Waals surface area (Å²) in [4.78, 5) is 37.0. The number of carbonyl (C=O) groups excluding carboxylic acids is 2. The minimum atomic E-state index is -1.35. The number of rotatable bonds is 4. The van der Waals surface area contributed by atoms with Crippen LogP contribution in [0.4, 0.5) is 0 Å². The topological polar surface area (TPSA) is 113 Å². The molecular formula is C15H13Cl2N3O4S. The highest BCUT2D eigenvalue weighted by molar-refractivity contribution is 8.02. The van der Waals surface area contributed by atoms with Gasteiger partial charge in [0.1, 0.15) is 27.9 Å². The van der Waals surface area contributed by atoms with Crippen molar-refractivity contribution in [1.29, 1.82) is 0 Å². The summed E-state index contributed by atoms with van der Waals surface area (Å²) in [6, 6.07) is 6.85. The molecule has 1 aromatic rings. The van der Waals surface area contributed by atoms with Crippen LogP contribution in [0.1, 0.15) is 11.6 Å². The second-order valence-corrected chi connectivity index (χ2v) is 7.76. The van der Waals surface area contributed by atoms with Crippen molar-refractivity contribution in [2.45, 2.75) is 22.2 Å². The van der Waals surface area contributed by atoms with Gasteiger partial charge in [-0.25, -0.2) is 4.79 Å². The van der Waals surface area contributed by atoms with E-state index >= 15 is 0 Å². The maximum Gasteiger partial charge on any atom is 0.353 e. The monoisotopic (exact) mass is 401 g/mol. The molecule has 1 saturated heterocycles. The highest BCUT2D eigenvalue weighted by atomic mass is 35.5. The summed E-state index contributed by atoms with van der Waals surface area (Å²) in [6.07, 6.45) is 0. The van der Waals surface area contributed by atoms with Gasteiger partial charge in [-0.3, -0.25) is 14.5 Å². The van der Waals surface area contributed by atoms with Crippen molar-refractivity contribution in [2.75, 3.05) is 0 Å². The van der Waals surface area contributed by atoms with Crippen molar-refractivity contribution in [2.24, 2.45) is 5.73 Å². The number of hydrogen-bond acceptors (Lipinski definition) is 5. The highest BCUT2D eigenvalue weighted by Crippen LogP contribution is 2.46. The van der Waals surface area contributed by atoms with Crippen LogP contribution in [0.5, 0.6) is 0 Å². The molecule has 7 nitrogen and oxygen atoms in total. The van der Waals surface area contributed by atoms with Gasteiger partial charge in [-0.1, -0.05) is 41.9 Å². The van der Waals surface area contributed by atoms with E-state index in [4.69, 9.17) is 28.9 Å². The van der Waals surface area contributed by atoms with Crippen LogP contribution in [0.15, 0.2) is 41.1 Å². The Morgan fingerprint density at radius 2 is 1.96 bits per heavy atom. The molecule has 0 saturated carbocycles. The predicted molar refractivity (Wildman–Crippen MR) is 93.7 cm³/mol. The molecule has 3 rings (SSSR count). The van der Waals surface area contributed by atoms with E-state index in [-0.39, 0.29) is 10.7 Å². The van der Waals surface area contributed by atoms with Crippen molar-refractivity contribution in [3.8, 4) is 0 Å². The average molecular weight is 402 g/mol. The van der Waals surface area contributed by atoms with Gasteiger partial charge in [0.15, 0.2) is 0 Å². The lowest BCUT2D eigenvalue weighted by molar-refractivity contribution is -0.150. The second-order valence-electron chi connectivity index (χ2n) is 5.43. The van der Waals surface area contributed by atoms with Crippen LogP contribution < -0.4 is 11.1 Å². The first-order valence-electron chi connectivity index (χ1n) is 7.19. The minimum Gasteiger partial charge on any atom is -0.477 e. The number of aliphatic carboxylic acids is 1. The molecular weight excluding hydrogens is 389 g/mol. The van der Waals surface area contributed by atoms with Gasteiger partial charge in [0.2, 0.25) is 5.91 Å². The molecule has 4 atom stereocenters. The van der Waals surface area contributed by atoms with Crippen molar-refractivity contribution in [3.05, 3.63) is 46.6 Å². The molecule has 2 aliphatic heterocycles. The number of hydrogen-bond donors (Lipinski definition) is 3. The Hall–Kier alpha value is -1.74. The van der Waals surface area contributed by atoms with E-state index < -0.39 is 40.0 Å². The van der Waals surface area contributed by atoms with E-state index in [1.54, 1.807) is 30.3 Å². The quantitative estimate of drug-likeness (QED) is 0.515. The number of alkyl halides is 1. The van der Waals surface area contributed by atoms with Gasteiger partial charge in [-0.05, 0) is 5.56 Å². The third kappa shape index (κ3) is 3.10. The number of carbonyl (C=O) groups is 3. The van der Waals surface area contributed by atoms with Crippen LogP contribution in [-0.2, 0) is 14.4 Å². The Balaban J connectivity index is 1.75. The molecule has 0 spiro atoms. The van der Waals surface area contributed by atoms with Crippen molar-refractivity contribution < 1.29 is 19.5 Å². The van der Waals surface area contributed by atoms with Gasteiger partial charge in [0, 0.05) is 0 Å². The summed E-state index contributed by atoms with van der Waals surface area (Å²) >= 11 is 13.0. The normalized spacial score (nSPS) is 26.6. The molecule has 2 amide bonds. The Morgan fingerprint density at radius 3 is 2.56 bits per heavy atom. The van der Waals surface area contributed by atoms with E-state index in [0.717, 1.165) is 16.7 Å². The highest BCUT2D eigenvalue weighted by Gasteiger charge is 2.56. The number of β-lactam (4-membered cyclic amide) rings is 1. The number of nitrogens with two attached hydrogens (primary N) is 1. The largest absolute Gasteiger partial charge is 0.477 e. The maximum absolute atomic E-state index is 12.3. The molecule has 0 aromatic heterocycles. The molecule has 0 radical (unpaired) electrons. The van der Waals surface area contributed by atoms with Crippen molar-refractivity contribution in [1.82, 2.24) is 10.2 Å². The SMILES string of the molecule is N[C@@H](C(=O)NC1C(=O)N2C(C(=O)O)=C(Cl)C(Cl)S[C@H]12)c1ccccc1. The molecule has 2 aliphatic rings. The van der Waals surface area contributed by atoms with E-state index in [2.05, 4.69) is 5.32 Å². The van der Waals surface area contributed by atoms with Crippen LogP contribution in [-0.4, -0.2) is 43.9 Å². The van der Waals surface area contributed by atoms with E-state index in [9.17, 15) is 19.5 Å². The number of halogens is 2. The molecule has 1 aromatic carbocycles. The Morgan fingerprint density at radius 1 is 1.32 bits per heavy atom. The second kappa shape index (κ2) is 6.87. The first-order chi connectivity index (χ1) is 11.8. The average Bonchev–Trinajstić information content (AvgIpc) is 2.61. The molecule has 2 unspecified atom stereocenters. The fourth-order valence-corrected chi connectivity index (χ4v) is 4.53. The molecule has 25 heavy (non-hydrogen) atoms. The summed E-state index contributed by atoms with van der Waals surface area (Å²) in [5.41, 5.74) is 6.16. The third-order valence-electron chi connectivity index (χ3n) is 3.91. The number of amides is 2. The number of carboxylic acid groups (broad SMARTS) is 1. The van der Waals surface area contributed by atoms with Crippen LogP contribution >= 0.6 is 35.0 Å². The van der Waals surface area contributed by atoms with E-state index in [1.807, 2.05) is 0 Å². The first-order valence-corrected chi connectivity index (χ1v) is 8.95. The fourth-order valence-electron chi connectivity index (χ4n) is 2.64. The van der Waals surface area contributed by atoms with E-state index in [1.165, 1.54) is 0 Å². The zero-order valence-electron chi connectivity index (χ0n) is 12.6. The first kappa shape index (κ1) is 18.1. The third-order valence-corrected chi connectivity index (χ3v) is 6.31. The maximum atomic E-state index is 12.3. The Bertz CT molecular complexity index is 773. The lowest BCUT2D eigenvalue weighted by Gasteiger charge is -2.49. The molecule has 132 valence electrons. The zero-order valence-corrected chi connectivity index (χ0v) is 14.9. The number of nitrogens with one attached hydrogen (secondary N) is 1. The lowest BCUT2D eigenvalue weighted by atomic mass is 10.0. The van der Waals surface area contributed by atoms with Crippen molar-refractivity contribution >= 4 is 52.7 Å². The van der Waals surface area contributed by atoms with E-state index in [0.29, 0.717) is 5.56 Å². The lowest BCUT2D eigenvalue weighted by Crippen LogP contribution is -2.71. The molecule has 0 bridgehead atoms. The summed E-state index contributed by atoms with van der Waals surface area (Å²) in [6.45, 7) is 0. The van der Waals surface area contributed by atoms with Gasteiger partial charge in [0.05, 0.1) is 5.03 Å². The summed E-state index contributed by atoms with van der Waals surface area (Å²) < 4.78 is -0.815. The number of thioether (sulfide) groups is 1. The summed E-state index contributed by atoms with van der Waals surface area (Å²) in [5, 5.41) is 11.1. The van der Waals surface area contributed by atoms with Crippen LogP contribution in [0.2, 0.25) is 0 Å². The molecule has 10 heteroatoms. The standard InChI is InChI=1S/C15H13Cl2N3O4S/c16-7-10(15(23)24)20-13(22)9(14(20)25-11(7)17)19-12(21)8(18)6-4-2-1-3-5-6/h1-5,8-9,11,14H,18H2,(H,19,21)(H,23,24)/t8-,9?,11?,14-/m1/s1. The summed E-state index contributed by atoms with van der Waals surface area (Å²) in [5.74, 6) is -2.45. The fraction of sp³-hybridized carbons (Fsp3) is 0.267. The minimum absolute atomic E-state index is 0.116. The number of carboxylic acids is 1. The van der Waals surface area contributed by atoms with Gasteiger partial charge in [0.25, 0.3) is 5.91 Å².